The maximum Gasteiger partial charge on any atom is 0.227 e. The molecule has 0 bridgehead atoms. The Balaban J connectivity index is 1.57. The van der Waals surface area contributed by atoms with Gasteiger partial charge in [-0.25, -0.2) is 0 Å². The molecule has 0 aliphatic carbocycles. The molecule has 0 aromatic heterocycles. The van der Waals surface area contributed by atoms with Crippen molar-refractivity contribution >= 4 is 23.4 Å². The van der Waals surface area contributed by atoms with Gasteiger partial charge in [0.2, 0.25) is 5.91 Å². The number of carbonyl (C=O) groups excluding carboxylic acids is 1. The first-order valence-corrected chi connectivity index (χ1v) is 8.19. The van der Waals surface area contributed by atoms with Crippen LogP contribution >= 0.6 is 11.8 Å². The largest absolute Gasteiger partial charge is 0.312 e. The van der Waals surface area contributed by atoms with E-state index in [-0.39, 0.29) is 5.91 Å². The summed E-state index contributed by atoms with van der Waals surface area (Å²) < 4.78 is 0. The van der Waals surface area contributed by atoms with E-state index in [2.05, 4.69) is 29.6 Å². The van der Waals surface area contributed by atoms with E-state index in [0.717, 1.165) is 25.2 Å². The molecule has 0 unspecified atom stereocenters. The van der Waals surface area contributed by atoms with Crippen LogP contribution in [0.2, 0.25) is 0 Å². The van der Waals surface area contributed by atoms with Gasteiger partial charge >= 0.3 is 0 Å². The Morgan fingerprint density at radius 1 is 1.32 bits per heavy atom. The Morgan fingerprint density at radius 3 is 2.79 bits per heavy atom. The molecule has 2 aliphatic heterocycles. The molecule has 1 aromatic rings. The fourth-order valence-electron chi connectivity index (χ4n) is 2.67. The molecule has 0 spiro atoms. The highest BCUT2D eigenvalue weighted by Gasteiger charge is 2.21. The summed E-state index contributed by atoms with van der Waals surface area (Å²) in [6, 6.07) is 9.09. The number of thioether (sulfide) groups is 1. The molecule has 1 atom stereocenters. The molecular formula is C15H20N2OS. The second-order valence-corrected chi connectivity index (χ2v) is 6.41. The number of rotatable bonds is 4. The molecule has 3 rings (SSSR count). The van der Waals surface area contributed by atoms with Gasteiger partial charge in [-0.15, -0.1) is 0 Å². The fourth-order valence-corrected chi connectivity index (χ4v) is 3.86. The molecule has 0 radical (unpaired) electrons. The van der Waals surface area contributed by atoms with Crippen LogP contribution in [0.15, 0.2) is 24.3 Å². The van der Waals surface area contributed by atoms with Gasteiger partial charge in [0, 0.05) is 37.0 Å². The second-order valence-electron chi connectivity index (χ2n) is 5.26. The molecule has 4 heteroatoms. The number of benzene rings is 1. The summed E-state index contributed by atoms with van der Waals surface area (Å²) in [4.78, 5) is 13.6. The minimum Gasteiger partial charge on any atom is -0.312 e. The smallest absolute Gasteiger partial charge is 0.227 e. The molecule has 2 aliphatic rings. The molecule has 2 heterocycles. The van der Waals surface area contributed by atoms with Crippen LogP contribution in [-0.4, -0.2) is 30.0 Å². The molecule has 19 heavy (non-hydrogen) atoms. The minimum atomic E-state index is 0.258. The van der Waals surface area contributed by atoms with Gasteiger partial charge in [-0.3, -0.25) is 4.79 Å². The van der Waals surface area contributed by atoms with Gasteiger partial charge in [-0.05, 0) is 36.3 Å². The van der Waals surface area contributed by atoms with Crippen LogP contribution in [-0.2, 0) is 11.3 Å². The molecule has 102 valence electrons. The zero-order chi connectivity index (χ0) is 13.1. The summed E-state index contributed by atoms with van der Waals surface area (Å²) in [6.07, 6.45) is 2.97. The van der Waals surface area contributed by atoms with Crippen molar-refractivity contribution in [3.63, 3.8) is 0 Å². The molecule has 1 N–H and O–H groups in total. The molecule has 2 fully saturated rings. The fraction of sp³-hybridized carbons (Fsp3) is 0.533. The van der Waals surface area contributed by atoms with E-state index < -0.39 is 0 Å². The predicted octanol–water partition coefficient (Wildman–Crippen LogP) is 2.41. The summed E-state index contributed by atoms with van der Waals surface area (Å²) in [6.45, 7) is 1.80. The minimum absolute atomic E-state index is 0.258. The molecular weight excluding hydrogens is 256 g/mol. The summed E-state index contributed by atoms with van der Waals surface area (Å²) >= 11 is 2.03. The van der Waals surface area contributed by atoms with E-state index in [9.17, 15) is 4.79 Å². The third kappa shape index (κ3) is 3.12. The summed E-state index contributed by atoms with van der Waals surface area (Å²) in [5.41, 5.74) is 2.34. The van der Waals surface area contributed by atoms with Crippen LogP contribution in [0.25, 0.3) is 0 Å². The van der Waals surface area contributed by atoms with Crippen LogP contribution in [0.5, 0.6) is 0 Å². The van der Waals surface area contributed by atoms with Crippen molar-refractivity contribution < 1.29 is 4.79 Å². The van der Waals surface area contributed by atoms with Crippen molar-refractivity contribution in [1.29, 1.82) is 0 Å². The average molecular weight is 276 g/mol. The van der Waals surface area contributed by atoms with Crippen molar-refractivity contribution in [2.75, 3.05) is 23.0 Å². The number of hydrogen-bond acceptors (Lipinski definition) is 3. The van der Waals surface area contributed by atoms with Crippen LogP contribution in [0, 0.1) is 0 Å². The lowest BCUT2D eigenvalue weighted by Crippen LogP contribution is -2.28. The number of anilines is 1. The normalized spacial score (nSPS) is 23.3. The Bertz CT molecular complexity index is 440. The maximum atomic E-state index is 11.7. The molecule has 3 nitrogen and oxygen atoms in total. The van der Waals surface area contributed by atoms with Crippen LogP contribution in [0.4, 0.5) is 5.69 Å². The predicted molar refractivity (Wildman–Crippen MR) is 80.6 cm³/mol. The Hall–Kier alpha value is -1.00. The zero-order valence-corrected chi connectivity index (χ0v) is 11.9. The first kappa shape index (κ1) is 13.0. The zero-order valence-electron chi connectivity index (χ0n) is 11.1. The first-order valence-electron chi connectivity index (χ1n) is 7.03. The van der Waals surface area contributed by atoms with Crippen LogP contribution in [0.1, 0.15) is 24.8 Å². The summed E-state index contributed by atoms with van der Waals surface area (Å²) in [5.74, 6) is 2.78. The van der Waals surface area contributed by atoms with E-state index in [0.29, 0.717) is 12.5 Å². The Morgan fingerprint density at radius 2 is 2.16 bits per heavy atom. The van der Waals surface area contributed by atoms with Gasteiger partial charge in [0.1, 0.15) is 0 Å². The van der Waals surface area contributed by atoms with E-state index in [1.54, 1.807) is 0 Å². The maximum absolute atomic E-state index is 11.7. The van der Waals surface area contributed by atoms with E-state index in [4.69, 9.17) is 0 Å². The first-order chi connectivity index (χ1) is 9.33. The lowest BCUT2D eigenvalue weighted by atomic mass is 10.1. The lowest BCUT2D eigenvalue weighted by Gasteiger charge is -2.16. The third-order valence-corrected chi connectivity index (χ3v) is 5.01. The van der Waals surface area contributed by atoms with E-state index in [1.807, 2.05) is 16.7 Å². The van der Waals surface area contributed by atoms with Crippen molar-refractivity contribution in [3.05, 3.63) is 29.8 Å². The van der Waals surface area contributed by atoms with Gasteiger partial charge in [0.05, 0.1) is 0 Å². The number of nitrogens with zero attached hydrogens (tertiary/aromatic N) is 1. The number of nitrogens with one attached hydrogen (secondary N) is 1. The van der Waals surface area contributed by atoms with Crippen LogP contribution < -0.4 is 10.2 Å². The molecule has 0 saturated carbocycles. The van der Waals surface area contributed by atoms with Crippen molar-refractivity contribution in [2.24, 2.45) is 0 Å². The van der Waals surface area contributed by atoms with Gasteiger partial charge in [0.15, 0.2) is 0 Å². The topological polar surface area (TPSA) is 32.3 Å². The highest BCUT2D eigenvalue weighted by molar-refractivity contribution is 7.99. The highest BCUT2D eigenvalue weighted by Crippen LogP contribution is 2.22. The van der Waals surface area contributed by atoms with Crippen molar-refractivity contribution in [2.45, 2.75) is 31.8 Å². The van der Waals surface area contributed by atoms with Gasteiger partial charge < -0.3 is 10.2 Å². The van der Waals surface area contributed by atoms with Gasteiger partial charge in [-0.1, -0.05) is 12.1 Å². The Labute approximate surface area is 118 Å². The second kappa shape index (κ2) is 5.97. The van der Waals surface area contributed by atoms with Gasteiger partial charge in [-0.2, -0.15) is 11.8 Å². The van der Waals surface area contributed by atoms with E-state index >= 15 is 0 Å². The monoisotopic (exact) mass is 276 g/mol. The quantitative estimate of drug-likeness (QED) is 0.916. The standard InChI is InChI=1S/C15H20N2OS/c18-15-2-1-8-17(15)14-5-3-12(4-6-14)10-16-13-7-9-19-11-13/h3-6,13,16H,1-2,7-11H2/t13-/m0/s1. The van der Waals surface area contributed by atoms with Crippen molar-refractivity contribution in [3.8, 4) is 0 Å². The highest BCUT2D eigenvalue weighted by atomic mass is 32.2. The summed E-state index contributed by atoms with van der Waals surface area (Å²) in [7, 11) is 0. The molecule has 1 aromatic carbocycles. The molecule has 2 saturated heterocycles. The average Bonchev–Trinajstić information content (AvgIpc) is 3.08. The van der Waals surface area contributed by atoms with Gasteiger partial charge in [0.25, 0.3) is 0 Å². The SMILES string of the molecule is O=C1CCCN1c1ccc(CN[C@H]2CCSC2)cc1. The lowest BCUT2D eigenvalue weighted by molar-refractivity contribution is -0.117. The summed E-state index contributed by atoms with van der Waals surface area (Å²) in [5, 5.41) is 3.59. The third-order valence-electron chi connectivity index (χ3n) is 3.85. The Kier molecular flexibility index (Phi) is 4.09. The molecule has 1 amide bonds. The number of carbonyl (C=O) groups is 1. The number of hydrogen-bond donors (Lipinski definition) is 1. The van der Waals surface area contributed by atoms with Crippen LogP contribution in [0.3, 0.4) is 0 Å². The van der Waals surface area contributed by atoms with E-state index in [1.165, 1.54) is 23.5 Å². The number of amides is 1. The van der Waals surface area contributed by atoms with Crippen molar-refractivity contribution in [1.82, 2.24) is 5.32 Å².